The van der Waals surface area contributed by atoms with Crippen LogP contribution in [0.15, 0.2) is 48.5 Å². The van der Waals surface area contributed by atoms with E-state index in [4.69, 9.17) is 0 Å². The Morgan fingerprint density at radius 2 is 1.35 bits per heavy atom. The molecule has 0 aromatic heterocycles. The zero-order valence-corrected chi connectivity index (χ0v) is 10.8. The van der Waals surface area contributed by atoms with Crippen LogP contribution in [-0.2, 0) is 4.79 Å². The van der Waals surface area contributed by atoms with Crippen LogP contribution in [0.4, 0.5) is 5.69 Å². The van der Waals surface area contributed by atoms with Gasteiger partial charge in [-0.05, 0) is 24.6 Å². The molecule has 0 N–H and O–H groups in total. The van der Waals surface area contributed by atoms with Crippen LogP contribution in [0, 0.1) is 6.92 Å². The van der Waals surface area contributed by atoms with Crippen molar-refractivity contribution in [1.29, 1.82) is 0 Å². The summed E-state index contributed by atoms with van der Waals surface area (Å²) >= 11 is 0. The van der Waals surface area contributed by atoms with Gasteiger partial charge < -0.3 is 0 Å². The Kier molecular flexibility index (Phi) is 2.71. The maximum Gasteiger partial charge on any atom is 0.306 e. The van der Waals surface area contributed by atoms with Gasteiger partial charge in [0, 0.05) is 5.56 Å². The maximum atomic E-state index is 12.5. The van der Waals surface area contributed by atoms with Crippen molar-refractivity contribution in [3.8, 4) is 0 Å². The van der Waals surface area contributed by atoms with Crippen LogP contribution >= 0.6 is 0 Å². The van der Waals surface area contributed by atoms with Crippen LogP contribution in [0.5, 0.6) is 0 Å². The Bertz CT molecular complexity index is 749. The van der Waals surface area contributed by atoms with Gasteiger partial charge in [0.05, 0.1) is 11.3 Å². The average molecular weight is 265 g/mol. The summed E-state index contributed by atoms with van der Waals surface area (Å²) < 4.78 is 0. The molecule has 98 valence electrons. The Labute approximate surface area is 115 Å². The Hall–Kier alpha value is -2.75. The number of rotatable bonds is 1. The number of Topliss-reactive ketones (excluding diaryl/α,β-unsaturated/α-hetero) is 1. The normalized spacial score (nSPS) is 14.4. The molecule has 1 aliphatic rings. The van der Waals surface area contributed by atoms with Crippen LogP contribution in [0.2, 0.25) is 0 Å². The highest BCUT2D eigenvalue weighted by Crippen LogP contribution is 2.27. The largest absolute Gasteiger partial charge is 0.306 e. The van der Waals surface area contributed by atoms with Crippen LogP contribution in [-0.4, -0.2) is 17.6 Å². The third-order valence-electron chi connectivity index (χ3n) is 3.36. The number of imide groups is 1. The summed E-state index contributed by atoms with van der Waals surface area (Å²) in [6.07, 6.45) is 0. The quantitative estimate of drug-likeness (QED) is 0.587. The molecule has 0 spiro atoms. The fourth-order valence-corrected chi connectivity index (χ4v) is 2.33. The van der Waals surface area contributed by atoms with Gasteiger partial charge in [0.2, 0.25) is 0 Å². The SMILES string of the molecule is Cc1ccccc1N1C(=O)C(=O)c2ccccc2C1=O. The molecule has 1 heterocycles. The predicted octanol–water partition coefficient (Wildman–Crippen LogP) is 2.36. The first-order chi connectivity index (χ1) is 9.61. The summed E-state index contributed by atoms with van der Waals surface area (Å²) in [6, 6.07) is 13.4. The van der Waals surface area contributed by atoms with Gasteiger partial charge in [0.1, 0.15) is 0 Å². The van der Waals surface area contributed by atoms with Crippen molar-refractivity contribution >= 4 is 23.3 Å². The fourth-order valence-electron chi connectivity index (χ4n) is 2.33. The Morgan fingerprint density at radius 3 is 2.05 bits per heavy atom. The molecule has 4 heteroatoms. The predicted molar refractivity (Wildman–Crippen MR) is 73.8 cm³/mol. The summed E-state index contributed by atoms with van der Waals surface area (Å²) in [5.41, 5.74) is 1.65. The lowest BCUT2D eigenvalue weighted by molar-refractivity contribution is -0.114. The minimum atomic E-state index is -0.803. The second-order valence-corrected chi connectivity index (χ2v) is 4.61. The van der Waals surface area contributed by atoms with Gasteiger partial charge in [0.15, 0.2) is 0 Å². The van der Waals surface area contributed by atoms with Crippen molar-refractivity contribution in [2.24, 2.45) is 0 Å². The van der Waals surface area contributed by atoms with Gasteiger partial charge in [-0.25, -0.2) is 4.90 Å². The van der Waals surface area contributed by atoms with Gasteiger partial charge in [-0.3, -0.25) is 14.4 Å². The molecule has 0 saturated heterocycles. The van der Waals surface area contributed by atoms with Crippen LogP contribution < -0.4 is 4.90 Å². The molecule has 4 nitrogen and oxygen atoms in total. The van der Waals surface area contributed by atoms with Gasteiger partial charge in [-0.15, -0.1) is 0 Å². The first kappa shape index (κ1) is 12.3. The molecule has 1 aliphatic heterocycles. The van der Waals surface area contributed by atoms with Crippen molar-refractivity contribution in [3.05, 3.63) is 65.2 Å². The summed E-state index contributed by atoms with van der Waals surface area (Å²) in [5, 5.41) is 0. The molecule has 2 amide bonds. The van der Waals surface area contributed by atoms with Crippen LogP contribution in [0.25, 0.3) is 0 Å². The molecule has 0 atom stereocenters. The van der Waals surface area contributed by atoms with E-state index in [9.17, 15) is 14.4 Å². The van der Waals surface area contributed by atoms with E-state index in [0.29, 0.717) is 5.69 Å². The second kappa shape index (κ2) is 4.42. The van der Waals surface area contributed by atoms with E-state index in [-0.39, 0.29) is 11.1 Å². The van der Waals surface area contributed by atoms with Crippen LogP contribution in [0.1, 0.15) is 26.3 Å². The van der Waals surface area contributed by atoms with E-state index < -0.39 is 17.6 Å². The number of hydrogen-bond acceptors (Lipinski definition) is 3. The van der Waals surface area contributed by atoms with Gasteiger partial charge in [-0.1, -0.05) is 36.4 Å². The third-order valence-corrected chi connectivity index (χ3v) is 3.36. The lowest BCUT2D eigenvalue weighted by Gasteiger charge is -2.26. The highest BCUT2D eigenvalue weighted by Gasteiger charge is 2.38. The molecular weight excluding hydrogens is 254 g/mol. The van der Waals surface area contributed by atoms with Crippen molar-refractivity contribution in [3.63, 3.8) is 0 Å². The van der Waals surface area contributed by atoms with E-state index >= 15 is 0 Å². The minimum Gasteiger partial charge on any atom is -0.283 e. The number of benzene rings is 2. The number of carbonyl (C=O) groups is 3. The number of ketones is 1. The number of fused-ring (bicyclic) bond motifs is 1. The lowest BCUT2D eigenvalue weighted by Crippen LogP contribution is -2.46. The van der Waals surface area contributed by atoms with E-state index in [1.165, 1.54) is 6.07 Å². The summed E-state index contributed by atoms with van der Waals surface area (Å²) in [7, 11) is 0. The molecule has 0 unspecified atom stereocenters. The standard InChI is InChI=1S/C16H11NO3/c1-10-6-2-5-9-13(10)17-15(19)12-8-4-3-7-11(12)14(18)16(17)20/h2-9H,1H3. The topological polar surface area (TPSA) is 54.5 Å². The number of aryl methyl sites for hydroxylation is 1. The zero-order valence-electron chi connectivity index (χ0n) is 10.8. The van der Waals surface area contributed by atoms with E-state index in [1.807, 2.05) is 6.07 Å². The third kappa shape index (κ3) is 1.66. The van der Waals surface area contributed by atoms with E-state index in [1.54, 1.807) is 43.3 Å². The molecule has 0 saturated carbocycles. The second-order valence-electron chi connectivity index (χ2n) is 4.61. The Balaban J connectivity index is 2.20. The van der Waals surface area contributed by atoms with Crippen molar-refractivity contribution in [2.45, 2.75) is 6.92 Å². The van der Waals surface area contributed by atoms with Crippen molar-refractivity contribution in [2.75, 3.05) is 4.90 Å². The summed E-state index contributed by atoms with van der Waals surface area (Å²) in [5.74, 6) is -1.91. The molecule has 20 heavy (non-hydrogen) atoms. The maximum absolute atomic E-state index is 12.5. The number of amides is 2. The minimum absolute atomic E-state index is 0.173. The zero-order chi connectivity index (χ0) is 14.3. The lowest BCUT2D eigenvalue weighted by atomic mass is 9.96. The highest BCUT2D eigenvalue weighted by atomic mass is 16.2. The van der Waals surface area contributed by atoms with Crippen molar-refractivity contribution in [1.82, 2.24) is 0 Å². The van der Waals surface area contributed by atoms with Crippen LogP contribution in [0.3, 0.4) is 0 Å². The van der Waals surface area contributed by atoms with Gasteiger partial charge in [0.25, 0.3) is 11.7 Å². The number of para-hydroxylation sites is 1. The van der Waals surface area contributed by atoms with E-state index in [2.05, 4.69) is 0 Å². The molecule has 0 aliphatic carbocycles. The molecule has 0 fully saturated rings. The molecule has 0 bridgehead atoms. The fraction of sp³-hybridized carbons (Fsp3) is 0.0625. The summed E-state index contributed by atoms with van der Waals surface area (Å²) in [6.45, 7) is 1.79. The highest BCUT2D eigenvalue weighted by molar-refractivity contribution is 6.55. The molecule has 2 aromatic rings. The molecule has 3 rings (SSSR count). The molecule has 2 aromatic carbocycles. The smallest absolute Gasteiger partial charge is 0.283 e. The first-order valence-electron chi connectivity index (χ1n) is 6.19. The first-order valence-corrected chi connectivity index (χ1v) is 6.19. The van der Waals surface area contributed by atoms with Gasteiger partial charge >= 0.3 is 5.91 Å². The van der Waals surface area contributed by atoms with Gasteiger partial charge in [-0.2, -0.15) is 0 Å². The monoisotopic (exact) mass is 265 g/mol. The van der Waals surface area contributed by atoms with E-state index in [0.717, 1.165) is 10.5 Å². The van der Waals surface area contributed by atoms with Crippen molar-refractivity contribution < 1.29 is 14.4 Å². The number of carbonyl (C=O) groups excluding carboxylic acids is 3. The summed E-state index contributed by atoms with van der Waals surface area (Å²) in [4.78, 5) is 37.8. The average Bonchev–Trinajstić information content (AvgIpc) is 2.47. The molecule has 0 radical (unpaired) electrons. The number of hydrogen-bond donors (Lipinski definition) is 0. The number of anilines is 1. The number of nitrogens with zero attached hydrogens (tertiary/aromatic N) is 1. The molecular formula is C16H11NO3. The Morgan fingerprint density at radius 1 is 0.750 bits per heavy atom.